The molecule has 0 amide bonds. The van der Waals surface area contributed by atoms with Crippen LogP contribution < -0.4 is 5.32 Å². The van der Waals surface area contributed by atoms with E-state index in [4.69, 9.17) is 5.11 Å². The first kappa shape index (κ1) is 11.3. The maximum Gasteiger partial charge on any atom is 0.329 e. The molecule has 0 aliphatic carbocycles. The Kier molecular flexibility index (Phi) is 3.92. The Labute approximate surface area is 89.4 Å². The van der Waals surface area contributed by atoms with E-state index in [1.165, 1.54) is 11.8 Å². The number of hydrogen-bond donors (Lipinski definition) is 2. The summed E-state index contributed by atoms with van der Waals surface area (Å²) in [5.41, 5.74) is 2.15. The topological polar surface area (TPSA) is 49.3 Å². The van der Waals surface area contributed by atoms with Crippen LogP contribution in [-0.4, -0.2) is 11.1 Å². The monoisotopic (exact) mass is 205 g/mol. The van der Waals surface area contributed by atoms with Crippen LogP contribution in [-0.2, 0) is 4.79 Å². The minimum absolute atomic E-state index is 0.508. The highest BCUT2D eigenvalue weighted by atomic mass is 16.4. The predicted octanol–water partition coefficient (Wildman–Crippen LogP) is 2.82. The summed E-state index contributed by atoms with van der Waals surface area (Å²) < 4.78 is 0. The molecular formula is C12H15NO2. The fourth-order valence-electron chi connectivity index (χ4n) is 1.17. The maximum absolute atomic E-state index is 10.2. The minimum atomic E-state index is -0.957. The van der Waals surface area contributed by atoms with Crippen LogP contribution in [0.15, 0.2) is 36.5 Å². The van der Waals surface area contributed by atoms with E-state index < -0.39 is 5.97 Å². The van der Waals surface area contributed by atoms with Gasteiger partial charge in [0.15, 0.2) is 0 Å². The first-order chi connectivity index (χ1) is 7.09. The van der Waals surface area contributed by atoms with E-state index in [1.54, 1.807) is 0 Å². The van der Waals surface area contributed by atoms with Gasteiger partial charge in [0.25, 0.3) is 0 Å². The number of rotatable bonds is 4. The Morgan fingerprint density at radius 2 is 1.93 bits per heavy atom. The third-order valence-corrected chi connectivity index (χ3v) is 2.05. The molecule has 80 valence electrons. The highest BCUT2D eigenvalue weighted by Crippen LogP contribution is 2.16. The van der Waals surface area contributed by atoms with Crippen molar-refractivity contribution in [2.45, 2.75) is 19.8 Å². The Morgan fingerprint density at radius 3 is 2.40 bits per heavy atom. The van der Waals surface area contributed by atoms with E-state index in [0.29, 0.717) is 5.92 Å². The van der Waals surface area contributed by atoms with Gasteiger partial charge in [-0.2, -0.15) is 0 Å². The van der Waals surface area contributed by atoms with Crippen LogP contribution in [0.5, 0.6) is 0 Å². The second-order valence-corrected chi connectivity index (χ2v) is 3.59. The average molecular weight is 205 g/mol. The van der Waals surface area contributed by atoms with E-state index in [-0.39, 0.29) is 0 Å². The van der Waals surface area contributed by atoms with Crippen LogP contribution in [0.4, 0.5) is 5.69 Å². The Hall–Kier alpha value is -1.77. The van der Waals surface area contributed by atoms with Gasteiger partial charge in [0, 0.05) is 18.0 Å². The smallest absolute Gasteiger partial charge is 0.329 e. The third-order valence-electron chi connectivity index (χ3n) is 2.05. The van der Waals surface area contributed by atoms with E-state index in [2.05, 4.69) is 19.2 Å². The van der Waals surface area contributed by atoms with Crippen molar-refractivity contribution >= 4 is 11.7 Å². The summed E-state index contributed by atoms with van der Waals surface area (Å²) in [5, 5.41) is 11.3. The van der Waals surface area contributed by atoms with Crippen molar-refractivity contribution in [1.29, 1.82) is 0 Å². The summed E-state index contributed by atoms with van der Waals surface area (Å²) in [6, 6.07) is 7.92. The number of nitrogens with one attached hydrogen (secondary N) is 1. The molecule has 0 saturated carbocycles. The number of hydrogen-bond acceptors (Lipinski definition) is 2. The van der Waals surface area contributed by atoms with Gasteiger partial charge in [-0.3, -0.25) is 0 Å². The second-order valence-electron chi connectivity index (χ2n) is 3.59. The molecule has 0 radical (unpaired) electrons. The lowest BCUT2D eigenvalue weighted by molar-refractivity contribution is -0.131. The molecule has 0 unspecified atom stereocenters. The zero-order valence-electron chi connectivity index (χ0n) is 8.90. The van der Waals surface area contributed by atoms with Crippen molar-refractivity contribution in [3.05, 3.63) is 42.1 Å². The Morgan fingerprint density at radius 1 is 1.33 bits per heavy atom. The van der Waals surface area contributed by atoms with Gasteiger partial charge in [0.1, 0.15) is 0 Å². The molecule has 2 N–H and O–H groups in total. The van der Waals surface area contributed by atoms with Gasteiger partial charge in [-0.25, -0.2) is 4.79 Å². The minimum Gasteiger partial charge on any atom is -0.478 e. The molecule has 1 aromatic rings. The molecule has 0 bridgehead atoms. The number of carboxylic acids is 1. The van der Waals surface area contributed by atoms with Crippen LogP contribution in [0.2, 0.25) is 0 Å². The molecule has 0 saturated heterocycles. The van der Waals surface area contributed by atoms with Gasteiger partial charge < -0.3 is 10.4 Å². The van der Waals surface area contributed by atoms with Gasteiger partial charge in [-0.05, 0) is 23.6 Å². The average Bonchev–Trinajstić information content (AvgIpc) is 2.18. The number of carbonyl (C=O) groups is 1. The fourth-order valence-corrected chi connectivity index (χ4v) is 1.17. The summed E-state index contributed by atoms with van der Waals surface area (Å²) in [6.45, 7) is 4.26. The van der Waals surface area contributed by atoms with Gasteiger partial charge in [-0.1, -0.05) is 26.0 Å². The molecule has 1 rings (SSSR count). The number of aliphatic carboxylic acids is 1. The van der Waals surface area contributed by atoms with E-state index in [9.17, 15) is 4.79 Å². The first-order valence-corrected chi connectivity index (χ1v) is 4.85. The van der Waals surface area contributed by atoms with Crippen molar-refractivity contribution in [3.63, 3.8) is 0 Å². The molecular weight excluding hydrogens is 190 g/mol. The normalized spacial score (nSPS) is 10.9. The molecule has 1 aromatic carbocycles. The Bertz CT molecular complexity index is 352. The highest BCUT2D eigenvalue weighted by Gasteiger charge is 1.97. The van der Waals surface area contributed by atoms with Gasteiger partial charge in [-0.15, -0.1) is 0 Å². The van der Waals surface area contributed by atoms with E-state index in [0.717, 1.165) is 11.8 Å². The van der Waals surface area contributed by atoms with E-state index in [1.807, 2.05) is 24.3 Å². The third kappa shape index (κ3) is 3.85. The van der Waals surface area contributed by atoms with Crippen molar-refractivity contribution in [2.24, 2.45) is 0 Å². The van der Waals surface area contributed by atoms with Crippen molar-refractivity contribution < 1.29 is 9.90 Å². The fraction of sp³-hybridized carbons (Fsp3) is 0.250. The van der Waals surface area contributed by atoms with Crippen LogP contribution in [0.3, 0.4) is 0 Å². The van der Waals surface area contributed by atoms with Gasteiger partial charge in [0.2, 0.25) is 0 Å². The molecule has 0 heterocycles. The molecule has 0 aliphatic heterocycles. The summed E-state index contributed by atoms with van der Waals surface area (Å²) in [6.07, 6.45) is 2.48. The molecule has 3 heteroatoms. The SMILES string of the molecule is CC(C)c1ccc(N/C=C/C(=O)O)cc1. The zero-order valence-corrected chi connectivity index (χ0v) is 8.90. The summed E-state index contributed by atoms with van der Waals surface area (Å²) in [5.74, 6) is -0.449. The molecule has 0 aliphatic rings. The van der Waals surface area contributed by atoms with Crippen LogP contribution in [0.1, 0.15) is 25.3 Å². The summed E-state index contributed by atoms with van der Waals surface area (Å²) in [4.78, 5) is 10.2. The molecule has 3 nitrogen and oxygen atoms in total. The zero-order chi connectivity index (χ0) is 11.3. The number of anilines is 1. The number of benzene rings is 1. The molecule has 0 aromatic heterocycles. The lowest BCUT2D eigenvalue weighted by Crippen LogP contribution is -1.93. The highest BCUT2D eigenvalue weighted by molar-refractivity contribution is 5.80. The van der Waals surface area contributed by atoms with Crippen molar-refractivity contribution in [1.82, 2.24) is 0 Å². The standard InChI is InChI=1S/C12H15NO2/c1-9(2)10-3-5-11(6-4-10)13-8-7-12(14)15/h3-9,13H,1-2H3,(H,14,15)/b8-7+. The summed E-state index contributed by atoms with van der Waals surface area (Å²) >= 11 is 0. The predicted molar refractivity (Wildman–Crippen MR) is 60.9 cm³/mol. The van der Waals surface area contributed by atoms with Crippen LogP contribution in [0.25, 0.3) is 0 Å². The molecule has 0 fully saturated rings. The largest absolute Gasteiger partial charge is 0.478 e. The van der Waals surface area contributed by atoms with Crippen molar-refractivity contribution in [2.75, 3.05) is 5.32 Å². The van der Waals surface area contributed by atoms with Crippen molar-refractivity contribution in [3.8, 4) is 0 Å². The van der Waals surface area contributed by atoms with E-state index >= 15 is 0 Å². The van der Waals surface area contributed by atoms with Gasteiger partial charge in [0.05, 0.1) is 0 Å². The first-order valence-electron chi connectivity index (χ1n) is 4.85. The molecule has 15 heavy (non-hydrogen) atoms. The maximum atomic E-state index is 10.2. The second kappa shape index (κ2) is 5.20. The quantitative estimate of drug-likeness (QED) is 0.743. The lowest BCUT2D eigenvalue weighted by Gasteiger charge is -2.06. The molecule has 0 spiro atoms. The van der Waals surface area contributed by atoms with Crippen LogP contribution in [0, 0.1) is 0 Å². The molecule has 0 atom stereocenters. The van der Waals surface area contributed by atoms with Gasteiger partial charge >= 0.3 is 5.97 Å². The van der Waals surface area contributed by atoms with Crippen LogP contribution >= 0.6 is 0 Å². The summed E-state index contributed by atoms with van der Waals surface area (Å²) in [7, 11) is 0. The Balaban J connectivity index is 2.61. The lowest BCUT2D eigenvalue weighted by atomic mass is 10.0. The number of carboxylic acid groups (broad SMARTS) is 1.